The van der Waals surface area contributed by atoms with Crippen LogP contribution in [0.5, 0.6) is 0 Å². The zero-order chi connectivity index (χ0) is 15.7. The predicted molar refractivity (Wildman–Crippen MR) is 78.6 cm³/mol. The van der Waals surface area contributed by atoms with Crippen LogP contribution in [0.4, 0.5) is 0 Å². The Kier molecular flexibility index (Phi) is 19.7. The molecule has 0 radical (unpaired) electrons. The summed E-state index contributed by atoms with van der Waals surface area (Å²) in [6, 6.07) is 0. The van der Waals surface area contributed by atoms with E-state index in [9.17, 15) is 19.2 Å². The van der Waals surface area contributed by atoms with Gasteiger partial charge < -0.3 is 34.2 Å². The molecule has 23 heavy (non-hydrogen) atoms. The first kappa shape index (κ1) is 29.5. The second kappa shape index (κ2) is 15.4. The van der Waals surface area contributed by atoms with E-state index in [4.69, 9.17) is 20.4 Å². The third-order valence-corrected chi connectivity index (χ3v) is 2.17. The number of hydrogen-bond acceptors (Lipinski definition) is 6. The topological polar surface area (TPSA) is 219 Å². The van der Waals surface area contributed by atoms with Gasteiger partial charge in [0.1, 0.15) is 0 Å². The molecule has 0 aromatic heterocycles. The van der Waals surface area contributed by atoms with Crippen LogP contribution in [0.15, 0.2) is 0 Å². The quantitative estimate of drug-likeness (QED) is 0.264. The van der Waals surface area contributed by atoms with E-state index in [0.29, 0.717) is 0 Å². The largest absolute Gasteiger partial charge is 2.00 e. The van der Waals surface area contributed by atoms with Crippen molar-refractivity contribution in [1.29, 1.82) is 0 Å². The number of aliphatic carboxylic acids is 4. The molecule has 8 N–H and O–H groups in total. The number of carboxylic acid groups (broad SMARTS) is 4. The second-order valence-electron chi connectivity index (χ2n) is 4.00. The smallest absolute Gasteiger partial charge is 1.00 e. The molecule has 0 spiro atoms. The third kappa shape index (κ3) is 18.4. The normalized spacial score (nSPS) is 9.30. The van der Waals surface area contributed by atoms with Gasteiger partial charge in [-0.3, -0.25) is 29.0 Å². The molecular formula is C10H22MgN2O10. The molecule has 0 bridgehead atoms. The summed E-state index contributed by atoms with van der Waals surface area (Å²) in [5.41, 5.74) is 0. The van der Waals surface area contributed by atoms with Crippen LogP contribution in [0, 0.1) is 0 Å². The number of hydrogen-bond donors (Lipinski definition) is 4. The van der Waals surface area contributed by atoms with Crippen molar-refractivity contribution in [3.63, 3.8) is 0 Å². The summed E-state index contributed by atoms with van der Waals surface area (Å²) in [6.07, 6.45) is 0. The second-order valence-corrected chi connectivity index (χ2v) is 4.00. The van der Waals surface area contributed by atoms with E-state index in [1.807, 2.05) is 0 Å². The van der Waals surface area contributed by atoms with Gasteiger partial charge in [0.2, 0.25) is 0 Å². The molecule has 0 aliphatic carbocycles. The van der Waals surface area contributed by atoms with Crippen molar-refractivity contribution in [1.82, 2.24) is 9.80 Å². The van der Waals surface area contributed by atoms with Gasteiger partial charge in [0.15, 0.2) is 0 Å². The summed E-state index contributed by atoms with van der Waals surface area (Å²) in [6.45, 7) is -2.25. The molecule has 0 saturated carbocycles. The van der Waals surface area contributed by atoms with E-state index in [1.54, 1.807) is 0 Å². The predicted octanol–water partition coefficient (Wildman–Crippen LogP) is -3.88. The summed E-state index contributed by atoms with van der Waals surface area (Å²) in [7, 11) is 0. The van der Waals surface area contributed by atoms with Crippen LogP contribution in [-0.4, -0.2) is 127 Å². The Morgan fingerprint density at radius 1 is 0.609 bits per heavy atom. The number of carbonyl (C=O) groups is 4. The Morgan fingerprint density at radius 2 is 0.783 bits per heavy atom. The van der Waals surface area contributed by atoms with Crippen molar-refractivity contribution in [2.75, 3.05) is 39.3 Å². The van der Waals surface area contributed by atoms with Gasteiger partial charge in [0, 0.05) is 13.1 Å². The fourth-order valence-corrected chi connectivity index (χ4v) is 1.48. The fraction of sp³-hybridized carbons (Fsp3) is 0.600. The molecule has 0 fully saturated rings. The monoisotopic (exact) mass is 354 g/mol. The SMILES string of the molecule is O.O.O=C(O)CN(CCN(CC(=O)O)CC(=O)O)CC(=O)O.[H-].[H-].[Mg+2]. The van der Waals surface area contributed by atoms with Gasteiger partial charge >= 0.3 is 46.9 Å². The van der Waals surface area contributed by atoms with Crippen LogP contribution in [0.3, 0.4) is 0 Å². The maximum atomic E-state index is 10.6. The van der Waals surface area contributed by atoms with Gasteiger partial charge in [-0.2, -0.15) is 0 Å². The minimum absolute atomic E-state index is 0. The summed E-state index contributed by atoms with van der Waals surface area (Å²) in [5.74, 6) is -4.91. The van der Waals surface area contributed by atoms with Gasteiger partial charge in [-0.15, -0.1) is 0 Å². The van der Waals surface area contributed by atoms with E-state index in [-0.39, 0.29) is 49.9 Å². The molecule has 0 aromatic carbocycles. The summed E-state index contributed by atoms with van der Waals surface area (Å²) in [4.78, 5) is 44.4. The van der Waals surface area contributed by atoms with Crippen LogP contribution >= 0.6 is 0 Å². The van der Waals surface area contributed by atoms with Crippen LogP contribution in [0.25, 0.3) is 0 Å². The first-order chi connectivity index (χ1) is 9.20. The Balaban J connectivity index is -0.000000180. The molecule has 13 heteroatoms. The van der Waals surface area contributed by atoms with E-state index >= 15 is 0 Å². The molecule has 0 atom stereocenters. The summed E-state index contributed by atoms with van der Waals surface area (Å²) >= 11 is 0. The Labute approximate surface area is 150 Å². The van der Waals surface area contributed by atoms with Gasteiger partial charge in [0.05, 0.1) is 26.2 Å². The van der Waals surface area contributed by atoms with Gasteiger partial charge in [-0.25, -0.2) is 0 Å². The molecule has 0 rings (SSSR count). The van der Waals surface area contributed by atoms with E-state index in [1.165, 1.54) is 0 Å². The maximum absolute atomic E-state index is 10.6. The molecule has 0 aliphatic rings. The van der Waals surface area contributed by atoms with E-state index in [2.05, 4.69) is 0 Å². The number of rotatable bonds is 11. The van der Waals surface area contributed by atoms with Crippen molar-refractivity contribution in [3.05, 3.63) is 0 Å². The van der Waals surface area contributed by atoms with Crippen LogP contribution in [0.2, 0.25) is 0 Å². The molecular weight excluding hydrogens is 332 g/mol. The Hall–Kier alpha value is -1.51. The van der Waals surface area contributed by atoms with Crippen LogP contribution < -0.4 is 0 Å². The van der Waals surface area contributed by atoms with Gasteiger partial charge in [-0.05, 0) is 0 Å². The van der Waals surface area contributed by atoms with E-state index < -0.39 is 50.1 Å². The number of carboxylic acids is 4. The summed E-state index contributed by atoms with van der Waals surface area (Å²) < 4.78 is 0. The molecule has 12 nitrogen and oxygen atoms in total. The number of nitrogens with zero attached hydrogens (tertiary/aromatic N) is 2. The van der Waals surface area contributed by atoms with Gasteiger partial charge in [-0.1, -0.05) is 0 Å². The average Bonchev–Trinajstić information content (AvgIpc) is 2.22. The summed E-state index contributed by atoms with van der Waals surface area (Å²) in [5, 5.41) is 34.5. The molecule has 134 valence electrons. The average molecular weight is 355 g/mol. The maximum Gasteiger partial charge on any atom is 2.00 e. The first-order valence-corrected chi connectivity index (χ1v) is 5.52. The van der Waals surface area contributed by atoms with Crippen molar-refractivity contribution in [2.24, 2.45) is 0 Å². The van der Waals surface area contributed by atoms with Crippen LogP contribution in [-0.2, 0) is 19.2 Å². The van der Waals surface area contributed by atoms with Crippen LogP contribution in [0.1, 0.15) is 2.85 Å². The zero-order valence-corrected chi connectivity index (χ0v) is 13.7. The van der Waals surface area contributed by atoms with E-state index in [0.717, 1.165) is 9.80 Å². The van der Waals surface area contributed by atoms with Crippen molar-refractivity contribution in [2.45, 2.75) is 0 Å². The molecule has 0 aromatic rings. The third-order valence-electron chi connectivity index (χ3n) is 2.17. The minimum Gasteiger partial charge on any atom is -1.00 e. The zero-order valence-electron chi connectivity index (χ0n) is 14.3. The van der Waals surface area contributed by atoms with Gasteiger partial charge in [0.25, 0.3) is 0 Å². The molecule has 0 heterocycles. The standard InChI is InChI=1S/C10H16N2O8.Mg.2H2O.2H/c13-7(14)3-11(4-8(15)16)1-2-12(5-9(17)18)6-10(19)20;;;;;/h1-6H2,(H,13,14)(H,15,16)(H,17,18)(H,19,20);;2*1H2;;/q;+2;;;2*-1. The fourth-order valence-electron chi connectivity index (χ4n) is 1.48. The van der Waals surface area contributed by atoms with Crippen molar-refractivity contribution >= 4 is 46.9 Å². The molecule has 0 aliphatic heterocycles. The molecule has 0 unspecified atom stereocenters. The molecule has 0 saturated heterocycles. The minimum atomic E-state index is -1.23. The Morgan fingerprint density at radius 3 is 0.913 bits per heavy atom. The van der Waals surface area contributed by atoms with Crippen molar-refractivity contribution < 1.29 is 53.4 Å². The molecule has 0 amide bonds. The van der Waals surface area contributed by atoms with Crippen molar-refractivity contribution in [3.8, 4) is 0 Å². The Bertz CT molecular complexity index is 334. The first-order valence-electron chi connectivity index (χ1n) is 5.52.